The normalized spacial score (nSPS) is 12.2. The number of hydrogen-bond donors (Lipinski definition) is 1. The minimum atomic E-state index is -0.0490. The maximum atomic E-state index is 6.15. The van der Waals surface area contributed by atoms with Crippen molar-refractivity contribution in [3.63, 3.8) is 0 Å². The van der Waals surface area contributed by atoms with Gasteiger partial charge in [-0.25, -0.2) is 0 Å². The summed E-state index contributed by atoms with van der Waals surface area (Å²) >= 11 is 12.0. The van der Waals surface area contributed by atoms with Crippen LogP contribution >= 0.6 is 23.2 Å². The van der Waals surface area contributed by atoms with Crippen molar-refractivity contribution in [3.8, 4) is 11.5 Å². The van der Waals surface area contributed by atoms with E-state index in [9.17, 15) is 0 Å². The van der Waals surface area contributed by atoms with Gasteiger partial charge in [0.2, 0.25) is 0 Å². The number of rotatable bonds is 3. The summed E-state index contributed by atoms with van der Waals surface area (Å²) in [6, 6.07) is 12.6. The average molecular weight is 282 g/mol. The van der Waals surface area contributed by atoms with Gasteiger partial charge < -0.3 is 10.5 Å². The fourth-order valence-electron chi connectivity index (χ4n) is 1.51. The lowest BCUT2D eigenvalue weighted by Gasteiger charge is -2.11. The van der Waals surface area contributed by atoms with Crippen molar-refractivity contribution in [2.24, 2.45) is 5.73 Å². The Labute approximate surface area is 116 Å². The summed E-state index contributed by atoms with van der Waals surface area (Å²) in [5, 5.41) is 1.21. The molecule has 18 heavy (non-hydrogen) atoms. The molecule has 0 aliphatic carbocycles. The molecule has 2 aromatic rings. The van der Waals surface area contributed by atoms with Crippen LogP contribution in [0.5, 0.6) is 11.5 Å². The third-order valence-corrected chi connectivity index (χ3v) is 3.07. The largest absolute Gasteiger partial charge is 0.456 e. The van der Waals surface area contributed by atoms with Crippen molar-refractivity contribution >= 4 is 23.2 Å². The molecule has 4 heteroatoms. The molecule has 2 nitrogen and oxygen atoms in total. The first-order valence-electron chi connectivity index (χ1n) is 5.54. The van der Waals surface area contributed by atoms with Crippen molar-refractivity contribution in [2.45, 2.75) is 13.0 Å². The summed E-state index contributed by atoms with van der Waals surface area (Å²) in [4.78, 5) is 0. The summed E-state index contributed by atoms with van der Waals surface area (Å²) in [6.07, 6.45) is 0. The van der Waals surface area contributed by atoms with Gasteiger partial charge >= 0.3 is 0 Å². The van der Waals surface area contributed by atoms with Crippen LogP contribution < -0.4 is 10.5 Å². The Kier molecular flexibility index (Phi) is 4.12. The van der Waals surface area contributed by atoms with Gasteiger partial charge in [0.25, 0.3) is 0 Å². The van der Waals surface area contributed by atoms with E-state index in [0.717, 1.165) is 5.56 Å². The number of ether oxygens (including phenoxy) is 1. The SMILES string of the molecule is CC(N)c1ccc(Oc2ccc(Cl)cc2)c(Cl)c1. The van der Waals surface area contributed by atoms with Crippen LogP contribution in [0.2, 0.25) is 10.0 Å². The minimum Gasteiger partial charge on any atom is -0.456 e. The third kappa shape index (κ3) is 3.16. The van der Waals surface area contributed by atoms with E-state index in [2.05, 4.69) is 0 Å². The van der Waals surface area contributed by atoms with E-state index >= 15 is 0 Å². The van der Waals surface area contributed by atoms with Gasteiger partial charge in [-0.3, -0.25) is 0 Å². The van der Waals surface area contributed by atoms with E-state index in [1.807, 2.05) is 25.1 Å². The Hall–Kier alpha value is -1.22. The highest BCUT2D eigenvalue weighted by Crippen LogP contribution is 2.31. The molecule has 0 aliphatic heterocycles. The van der Waals surface area contributed by atoms with Crippen molar-refractivity contribution in [1.82, 2.24) is 0 Å². The summed E-state index contributed by atoms with van der Waals surface area (Å²) < 4.78 is 5.67. The number of benzene rings is 2. The predicted octanol–water partition coefficient (Wildman–Crippen LogP) is 4.81. The van der Waals surface area contributed by atoms with Crippen LogP contribution in [0.3, 0.4) is 0 Å². The molecule has 0 heterocycles. The fraction of sp³-hybridized carbons (Fsp3) is 0.143. The standard InChI is InChI=1S/C14H13Cl2NO/c1-9(17)10-2-7-14(13(16)8-10)18-12-5-3-11(15)4-6-12/h2-9H,17H2,1H3. The topological polar surface area (TPSA) is 35.2 Å². The Balaban J connectivity index is 2.22. The second kappa shape index (κ2) is 5.61. The van der Waals surface area contributed by atoms with Crippen molar-refractivity contribution in [1.29, 1.82) is 0 Å². The van der Waals surface area contributed by atoms with E-state index < -0.39 is 0 Å². The summed E-state index contributed by atoms with van der Waals surface area (Å²) in [5.74, 6) is 1.29. The van der Waals surface area contributed by atoms with Crippen LogP contribution in [-0.2, 0) is 0 Å². The lowest BCUT2D eigenvalue weighted by Crippen LogP contribution is -2.04. The summed E-state index contributed by atoms with van der Waals surface area (Å²) in [5.41, 5.74) is 6.76. The van der Waals surface area contributed by atoms with Gasteiger partial charge in [0.05, 0.1) is 5.02 Å². The van der Waals surface area contributed by atoms with Crippen LogP contribution in [0, 0.1) is 0 Å². The molecule has 2 N–H and O–H groups in total. The van der Waals surface area contributed by atoms with Crippen LogP contribution in [0.25, 0.3) is 0 Å². The molecule has 0 aliphatic rings. The molecular weight excluding hydrogens is 269 g/mol. The zero-order chi connectivity index (χ0) is 13.1. The molecule has 0 spiro atoms. The first kappa shape index (κ1) is 13.2. The first-order valence-corrected chi connectivity index (χ1v) is 6.30. The molecule has 94 valence electrons. The molecule has 0 amide bonds. The Morgan fingerprint density at radius 3 is 2.28 bits per heavy atom. The number of nitrogens with two attached hydrogens (primary N) is 1. The van der Waals surface area contributed by atoms with E-state index in [4.69, 9.17) is 33.7 Å². The molecule has 2 rings (SSSR count). The van der Waals surface area contributed by atoms with Gasteiger partial charge in [-0.15, -0.1) is 0 Å². The summed E-state index contributed by atoms with van der Waals surface area (Å²) in [7, 11) is 0. The summed E-state index contributed by atoms with van der Waals surface area (Å²) in [6.45, 7) is 1.91. The molecule has 1 unspecified atom stereocenters. The molecule has 0 saturated carbocycles. The van der Waals surface area contributed by atoms with E-state index in [1.54, 1.807) is 24.3 Å². The molecular formula is C14H13Cl2NO. The van der Waals surface area contributed by atoms with Gasteiger partial charge in [0, 0.05) is 11.1 Å². The van der Waals surface area contributed by atoms with E-state index in [-0.39, 0.29) is 6.04 Å². The lowest BCUT2D eigenvalue weighted by molar-refractivity contribution is 0.482. The van der Waals surface area contributed by atoms with Crippen molar-refractivity contribution in [2.75, 3.05) is 0 Å². The van der Waals surface area contributed by atoms with Crippen LogP contribution in [0.1, 0.15) is 18.5 Å². The quantitative estimate of drug-likeness (QED) is 0.877. The molecule has 0 fully saturated rings. The highest BCUT2D eigenvalue weighted by atomic mass is 35.5. The number of halogens is 2. The second-order valence-electron chi connectivity index (χ2n) is 4.03. The highest BCUT2D eigenvalue weighted by Gasteiger charge is 2.06. The monoisotopic (exact) mass is 281 g/mol. The third-order valence-electron chi connectivity index (χ3n) is 2.52. The zero-order valence-electron chi connectivity index (χ0n) is 9.86. The minimum absolute atomic E-state index is 0.0490. The highest BCUT2D eigenvalue weighted by molar-refractivity contribution is 6.32. The zero-order valence-corrected chi connectivity index (χ0v) is 11.4. The Morgan fingerprint density at radius 1 is 1.06 bits per heavy atom. The van der Waals surface area contributed by atoms with Gasteiger partial charge in [-0.05, 0) is 48.9 Å². The van der Waals surface area contributed by atoms with Crippen molar-refractivity contribution in [3.05, 3.63) is 58.1 Å². The van der Waals surface area contributed by atoms with E-state index in [0.29, 0.717) is 21.5 Å². The maximum absolute atomic E-state index is 6.15. The maximum Gasteiger partial charge on any atom is 0.146 e. The first-order chi connectivity index (χ1) is 8.56. The van der Waals surface area contributed by atoms with Crippen LogP contribution in [-0.4, -0.2) is 0 Å². The second-order valence-corrected chi connectivity index (χ2v) is 4.88. The molecule has 0 radical (unpaired) electrons. The molecule has 2 aromatic carbocycles. The Morgan fingerprint density at radius 2 is 1.72 bits per heavy atom. The fourth-order valence-corrected chi connectivity index (χ4v) is 1.87. The van der Waals surface area contributed by atoms with Gasteiger partial charge in [-0.1, -0.05) is 29.3 Å². The van der Waals surface area contributed by atoms with Crippen molar-refractivity contribution < 1.29 is 4.74 Å². The van der Waals surface area contributed by atoms with Crippen LogP contribution in [0.15, 0.2) is 42.5 Å². The van der Waals surface area contributed by atoms with Gasteiger partial charge in [0.15, 0.2) is 0 Å². The average Bonchev–Trinajstić information content (AvgIpc) is 2.34. The number of hydrogen-bond acceptors (Lipinski definition) is 2. The smallest absolute Gasteiger partial charge is 0.146 e. The van der Waals surface area contributed by atoms with Gasteiger partial charge in [-0.2, -0.15) is 0 Å². The predicted molar refractivity (Wildman–Crippen MR) is 75.6 cm³/mol. The molecule has 0 saturated heterocycles. The van der Waals surface area contributed by atoms with Crippen LogP contribution in [0.4, 0.5) is 0 Å². The molecule has 1 atom stereocenters. The van der Waals surface area contributed by atoms with Gasteiger partial charge in [0.1, 0.15) is 11.5 Å². The molecule has 0 bridgehead atoms. The van der Waals surface area contributed by atoms with E-state index in [1.165, 1.54) is 0 Å². The Bertz CT molecular complexity index is 538. The molecule has 0 aromatic heterocycles. The lowest BCUT2D eigenvalue weighted by atomic mass is 10.1.